The van der Waals surface area contributed by atoms with Crippen molar-refractivity contribution in [3.63, 3.8) is 0 Å². The monoisotopic (exact) mass is 1010 g/mol. The lowest BCUT2D eigenvalue weighted by Crippen LogP contribution is -2.36. The molecule has 1 saturated heterocycles. The van der Waals surface area contributed by atoms with Crippen LogP contribution in [0, 0.1) is 0 Å². The molecule has 0 radical (unpaired) electrons. The number of anilines is 1. The van der Waals surface area contributed by atoms with Crippen LogP contribution in [-0.2, 0) is 46.3 Å². The lowest BCUT2D eigenvalue weighted by molar-refractivity contribution is -0.161. The van der Waals surface area contributed by atoms with E-state index in [2.05, 4.69) is 65.7 Å². The fourth-order valence-electron chi connectivity index (χ4n) is 6.63. The molecule has 0 spiro atoms. The van der Waals surface area contributed by atoms with E-state index in [-0.39, 0.29) is 31.5 Å². The van der Waals surface area contributed by atoms with Gasteiger partial charge >= 0.3 is 33.3 Å². The third kappa shape index (κ3) is 29.2. The molecule has 8 atom stereocenters. The fourth-order valence-corrected chi connectivity index (χ4v) is 8.74. The number of aliphatic hydroxyl groups excluding tert-OH is 3. The first kappa shape index (κ1) is 61.3. The first-order valence-corrected chi connectivity index (χ1v) is 27.0. The van der Waals surface area contributed by atoms with E-state index in [1.165, 1.54) is 31.7 Å². The summed E-state index contributed by atoms with van der Waals surface area (Å²) in [5.41, 5.74) is 4.56. The van der Waals surface area contributed by atoms with Gasteiger partial charge in [0.2, 0.25) is 0 Å². The fraction of sp³-hybridized carbons (Fsp3) is 0.625. The molecule has 7 N–H and O–H groups in total. The van der Waals surface area contributed by atoms with Crippen LogP contribution in [0.4, 0.5) is 5.82 Å². The molecule has 0 bridgehead atoms. The molecule has 0 aliphatic carbocycles. The Labute approximate surface area is 407 Å². The van der Waals surface area contributed by atoms with Crippen LogP contribution in [0.5, 0.6) is 0 Å². The molecule has 69 heavy (non-hydrogen) atoms. The van der Waals surface area contributed by atoms with Crippen LogP contribution in [0.1, 0.15) is 142 Å². The van der Waals surface area contributed by atoms with Crippen molar-refractivity contribution in [1.29, 1.82) is 0 Å². The smallest absolute Gasteiger partial charge is 0.462 e. The summed E-state index contributed by atoms with van der Waals surface area (Å²) in [6, 6.07) is 1.23. The topological polar surface area (TPSA) is 286 Å². The minimum absolute atomic E-state index is 0.0724. The first-order chi connectivity index (χ1) is 33.1. The van der Waals surface area contributed by atoms with Crippen molar-refractivity contribution in [2.75, 3.05) is 25.6 Å². The van der Waals surface area contributed by atoms with Gasteiger partial charge in [-0.05, 0) is 76.7 Å². The van der Waals surface area contributed by atoms with Crippen LogP contribution in [0.15, 0.2) is 90.0 Å². The quantitative estimate of drug-likeness (QED) is 0.0119. The van der Waals surface area contributed by atoms with Crippen molar-refractivity contribution in [3.8, 4) is 0 Å². The Morgan fingerprint density at radius 2 is 1.39 bits per heavy atom. The first-order valence-electron chi connectivity index (χ1n) is 24.1. The van der Waals surface area contributed by atoms with E-state index in [9.17, 15) is 48.6 Å². The van der Waals surface area contributed by atoms with Crippen LogP contribution in [0.25, 0.3) is 0 Å². The van der Waals surface area contributed by atoms with E-state index in [1.54, 1.807) is 12.2 Å². The molecule has 2 heterocycles. The molecule has 19 nitrogen and oxygen atoms in total. The van der Waals surface area contributed by atoms with E-state index < -0.39 is 89.8 Å². The Balaban J connectivity index is 1.88. The summed E-state index contributed by atoms with van der Waals surface area (Å²) < 4.78 is 56.5. The van der Waals surface area contributed by atoms with Crippen molar-refractivity contribution < 1.29 is 71.4 Å². The van der Waals surface area contributed by atoms with Crippen LogP contribution in [0.2, 0.25) is 0 Å². The van der Waals surface area contributed by atoms with E-state index in [0.29, 0.717) is 6.42 Å². The van der Waals surface area contributed by atoms with Crippen LogP contribution in [-0.4, -0.2) is 96.9 Å². The van der Waals surface area contributed by atoms with Crippen molar-refractivity contribution >= 4 is 33.4 Å². The normalized spacial score (nSPS) is 20.4. The van der Waals surface area contributed by atoms with E-state index in [4.69, 9.17) is 29.0 Å². The standard InChI is InChI=1S/C48H77N3O16P2/c1-3-5-7-9-11-13-15-17-19-21-23-25-27-30-39(52)31-29-33-44(54)65-40(36-62-43(53)32-28-26-24-22-20-18-16-14-12-10-8-6-4-2)37-63-68(58,59)67-69(60,61)64-38-41-45(55)46(56)47(66-41)51-35-34-42(49)50-48(51)57/h5,7,11,13-14,16-17,19,23,25,27,30,34-35,39-41,45-47,52,55-56H,3-4,6,8-10,12,15,18,20-22,24,26,28-29,31-33,36-38H2,1-2H3,(H,58,59)(H,60,61)(H2,49,50,57)/b7-5-,13-11-,16-14-,19-17-,25-23-,30-27+/t39?,40-,41-,45-,46-,47-/m1/s1. The van der Waals surface area contributed by atoms with Gasteiger partial charge in [-0.2, -0.15) is 9.29 Å². The van der Waals surface area contributed by atoms with E-state index in [1.807, 2.05) is 18.2 Å². The second-order valence-corrected chi connectivity index (χ2v) is 19.5. The molecule has 1 aliphatic heterocycles. The average molecular weight is 1010 g/mol. The third-order valence-electron chi connectivity index (χ3n) is 10.4. The molecule has 390 valence electrons. The van der Waals surface area contributed by atoms with Crippen molar-refractivity contribution in [2.45, 2.75) is 173 Å². The predicted molar refractivity (Wildman–Crippen MR) is 262 cm³/mol. The summed E-state index contributed by atoms with van der Waals surface area (Å²) in [5.74, 6) is -1.53. The number of nitrogens with zero attached hydrogens (tertiary/aromatic N) is 2. The highest BCUT2D eigenvalue weighted by molar-refractivity contribution is 7.61. The van der Waals surface area contributed by atoms with E-state index >= 15 is 0 Å². The summed E-state index contributed by atoms with van der Waals surface area (Å²) in [6.45, 7) is 1.80. The van der Waals surface area contributed by atoms with Gasteiger partial charge in [0.15, 0.2) is 12.3 Å². The Morgan fingerprint density at radius 3 is 2.06 bits per heavy atom. The number of aromatic nitrogens is 2. The zero-order chi connectivity index (χ0) is 50.8. The van der Waals surface area contributed by atoms with Crippen molar-refractivity contribution in [1.82, 2.24) is 9.55 Å². The molecule has 1 fully saturated rings. The minimum Gasteiger partial charge on any atom is -0.462 e. The Bertz CT molecular complexity index is 1950. The lowest BCUT2D eigenvalue weighted by Gasteiger charge is -2.21. The van der Waals surface area contributed by atoms with Gasteiger partial charge in [-0.3, -0.25) is 23.2 Å². The minimum atomic E-state index is -5.47. The summed E-state index contributed by atoms with van der Waals surface area (Å²) >= 11 is 0. The molecular formula is C48H77N3O16P2. The van der Waals surface area contributed by atoms with Gasteiger partial charge in [-0.1, -0.05) is 125 Å². The van der Waals surface area contributed by atoms with Crippen molar-refractivity contribution in [2.24, 2.45) is 0 Å². The summed E-state index contributed by atoms with van der Waals surface area (Å²) in [6.07, 6.45) is 31.6. The number of phosphoric ester groups is 2. The number of nitrogen functional groups attached to an aromatic ring is 1. The molecule has 3 unspecified atom stereocenters. The van der Waals surface area contributed by atoms with Gasteiger partial charge < -0.3 is 45.1 Å². The van der Waals surface area contributed by atoms with Gasteiger partial charge in [0.05, 0.1) is 19.3 Å². The number of aliphatic hydroxyl groups is 3. The molecule has 2 rings (SSSR count). The molecule has 0 amide bonds. The van der Waals surface area contributed by atoms with Gasteiger partial charge in [-0.15, -0.1) is 0 Å². The molecule has 0 saturated carbocycles. The number of ether oxygens (including phenoxy) is 3. The van der Waals surface area contributed by atoms with Crippen molar-refractivity contribution in [3.05, 3.63) is 95.7 Å². The van der Waals surface area contributed by atoms with Gasteiger partial charge in [0.25, 0.3) is 0 Å². The Morgan fingerprint density at radius 1 is 0.783 bits per heavy atom. The maximum Gasteiger partial charge on any atom is 0.481 e. The maximum absolute atomic E-state index is 12.8. The number of rotatable bonds is 38. The van der Waals surface area contributed by atoms with Crippen LogP contribution in [0.3, 0.4) is 0 Å². The third-order valence-corrected chi connectivity index (χ3v) is 13.0. The number of nitrogens with two attached hydrogens (primary N) is 1. The van der Waals surface area contributed by atoms with Gasteiger partial charge in [-0.25, -0.2) is 13.9 Å². The second kappa shape index (κ2) is 36.1. The number of carbonyl (C=O) groups is 2. The molecule has 1 aliphatic rings. The number of phosphoric acid groups is 2. The Hall–Kier alpha value is -3.84. The zero-order valence-corrected chi connectivity index (χ0v) is 42.0. The number of carbonyl (C=O) groups excluding carboxylic acids is 2. The summed E-state index contributed by atoms with van der Waals surface area (Å²) in [4.78, 5) is 61.8. The zero-order valence-electron chi connectivity index (χ0n) is 40.2. The highest BCUT2D eigenvalue weighted by atomic mass is 31.3. The Kier molecular flexibility index (Phi) is 32.1. The second-order valence-electron chi connectivity index (χ2n) is 16.4. The molecule has 1 aromatic heterocycles. The number of esters is 2. The SMILES string of the molecule is CC/C=C\C/C=C\C/C=C\C/C=C\C=C\C(O)CCCC(=O)O[C@H](COC(=O)CCCCCCC/C=C\CCCCCC)COP(=O)(O)OP(=O)(O)OC[C@H]1O[C@@H](n2ccc(N)nc2=O)[C@H](O)[C@@H]1O. The summed E-state index contributed by atoms with van der Waals surface area (Å²) in [7, 11) is -10.9. The highest BCUT2D eigenvalue weighted by Crippen LogP contribution is 2.60. The number of unbranched alkanes of at least 4 members (excludes halogenated alkanes) is 9. The highest BCUT2D eigenvalue weighted by Gasteiger charge is 2.46. The maximum atomic E-state index is 12.8. The molecule has 0 aromatic carbocycles. The lowest BCUT2D eigenvalue weighted by atomic mass is 10.1. The average Bonchev–Trinajstić information content (AvgIpc) is 3.58. The van der Waals surface area contributed by atoms with Gasteiger partial charge in [0.1, 0.15) is 30.7 Å². The van der Waals surface area contributed by atoms with E-state index in [0.717, 1.165) is 75.0 Å². The molecule has 21 heteroatoms. The largest absolute Gasteiger partial charge is 0.481 e. The van der Waals surface area contributed by atoms with Crippen LogP contribution >= 0.6 is 15.6 Å². The number of allylic oxidation sites excluding steroid dienone is 11. The number of hydrogen-bond donors (Lipinski definition) is 6. The van der Waals surface area contributed by atoms with Crippen LogP contribution < -0.4 is 11.4 Å². The molecular weight excluding hydrogens is 936 g/mol. The summed E-state index contributed by atoms with van der Waals surface area (Å²) in [5, 5.41) is 31.3. The number of hydrogen-bond acceptors (Lipinski definition) is 16. The predicted octanol–water partition coefficient (Wildman–Crippen LogP) is 8.30. The molecule has 1 aromatic rings. The van der Waals surface area contributed by atoms with Gasteiger partial charge in [0, 0.05) is 19.0 Å².